The van der Waals surface area contributed by atoms with E-state index in [1.807, 2.05) is 12.1 Å². The first-order valence-corrected chi connectivity index (χ1v) is 8.66. The molecule has 4 heteroatoms. The van der Waals surface area contributed by atoms with Gasteiger partial charge < -0.3 is 14.5 Å². The fraction of sp³-hybridized carbons (Fsp3) is 0.667. The summed E-state index contributed by atoms with van der Waals surface area (Å²) in [6.45, 7) is 5.22. The SMILES string of the molecule is CC[C@H](COc1cc(Cl)ccc1C1CCN(C)CC1)N(C)C. The van der Waals surface area contributed by atoms with Gasteiger partial charge in [-0.1, -0.05) is 24.6 Å². The highest BCUT2D eigenvalue weighted by Crippen LogP contribution is 2.35. The molecule has 1 aromatic carbocycles. The van der Waals surface area contributed by atoms with E-state index in [2.05, 4.69) is 43.9 Å². The molecule has 0 bridgehead atoms. The molecule has 1 heterocycles. The fourth-order valence-electron chi connectivity index (χ4n) is 3.11. The molecule has 0 radical (unpaired) electrons. The van der Waals surface area contributed by atoms with Crippen molar-refractivity contribution in [1.29, 1.82) is 0 Å². The Morgan fingerprint density at radius 2 is 2.00 bits per heavy atom. The maximum absolute atomic E-state index is 6.19. The van der Waals surface area contributed by atoms with Gasteiger partial charge in [-0.25, -0.2) is 0 Å². The third-order valence-corrected chi connectivity index (χ3v) is 5.00. The van der Waals surface area contributed by atoms with Crippen LogP contribution < -0.4 is 4.74 Å². The lowest BCUT2D eigenvalue weighted by Gasteiger charge is -2.31. The van der Waals surface area contributed by atoms with E-state index in [9.17, 15) is 0 Å². The predicted molar refractivity (Wildman–Crippen MR) is 94.2 cm³/mol. The van der Waals surface area contributed by atoms with Crippen molar-refractivity contribution in [3.8, 4) is 5.75 Å². The first kappa shape index (κ1) is 17.6. The summed E-state index contributed by atoms with van der Waals surface area (Å²) < 4.78 is 6.17. The zero-order valence-corrected chi connectivity index (χ0v) is 15.1. The van der Waals surface area contributed by atoms with E-state index in [0.717, 1.165) is 30.3 Å². The zero-order chi connectivity index (χ0) is 16.1. The highest BCUT2D eigenvalue weighted by atomic mass is 35.5. The quantitative estimate of drug-likeness (QED) is 0.790. The Morgan fingerprint density at radius 1 is 1.32 bits per heavy atom. The number of hydrogen-bond donors (Lipinski definition) is 0. The molecule has 0 amide bonds. The number of hydrogen-bond acceptors (Lipinski definition) is 3. The molecular weight excluding hydrogens is 296 g/mol. The highest BCUT2D eigenvalue weighted by Gasteiger charge is 2.22. The van der Waals surface area contributed by atoms with Gasteiger partial charge in [0, 0.05) is 11.1 Å². The van der Waals surface area contributed by atoms with Crippen molar-refractivity contribution in [2.45, 2.75) is 38.1 Å². The summed E-state index contributed by atoms with van der Waals surface area (Å²) in [6.07, 6.45) is 3.47. The Morgan fingerprint density at radius 3 is 2.59 bits per heavy atom. The molecule has 0 aliphatic carbocycles. The van der Waals surface area contributed by atoms with Gasteiger partial charge in [-0.15, -0.1) is 0 Å². The highest BCUT2D eigenvalue weighted by molar-refractivity contribution is 6.30. The van der Waals surface area contributed by atoms with Crippen molar-refractivity contribution in [1.82, 2.24) is 9.80 Å². The molecule has 1 aliphatic rings. The summed E-state index contributed by atoms with van der Waals surface area (Å²) in [6, 6.07) is 6.57. The second-order valence-electron chi connectivity index (χ2n) is 6.60. The minimum absolute atomic E-state index is 0.435. The van der Waals surface area contributed by atoms with Gasteiger partial charge in [-0.05, 0) is 77.1 Å². The molecule has 0 spiro atoms. The molecule has 1 saturated heterocycles. The summed E-state index contributed by atoms with van der Waals surface area (Å²) in [5.74, 6) is 1.56. The van der Waals surface area contributed by atoms with Gasteiger partial charge in [0.15, 0.2) is 0 Å². The Labute approximate surface area is 140 Å². The Hall–Kier alpha value is -0.770. The Kier molecular flexibility index (Phi) is 6.54. The van der Waals surface area contributed by atoms with Crippen LogP contribution in [0.25, 0.3) is 0 Å². The predicted octanol–water partition coefficient (Wildman–Crippen LogP) is 3.87. The van der Waals surface area contributed by atoms with E-state index in [1.54, 1.807) is 0 Å². The molecular formula is C18H29ClN2O. The summed E-state index contributed by atoms with van der Waals surface area (Å²) in [5, 5.41) is 0.754. The molecule has 124 valence electrons. The summed E-state index contributed by atoms with van der Waals surface area (Å²) >= 11 is 6.19. The van der Waals surface area contributed by atoms with Crippen molar-refractivity contribution in [3.05, 3.63) is 28.8 Å². The number of piperidine rings is 1. The first-order chi connectivity index (χ1) is 10.5. The molecule has 3 nitrogen and oxygen atoms in total. The van der Waals surface area contributed by atoms with Crippen molar-refractivity contribution in [3.63, 3.8) is 0 Å². The smallest absolute Gasteiger partial charge is 0.124 e. The molecule has 0 saturated carbocycles. The van der Waals surface area contributed by atoms with Gasteiger partial charge in [0.1, 0.15) is 12.4 Å². The summed E-state index contributed by atoms with van der Waals surface area (Å²) in [4.78, 5) is 4.62. The summed E-state index contributed by atoms with van der Waals surface area (Å²) in [7, 11) is 6.40. The molecule has 0 aromatic heterocycles. The second-order valence-corrected chi connectivity index (χ2v) is 7.03. The molecule has 1 atom stereocenters. The fourth-order valence-corrected chi connectivity index (χ4v) is 3.27. The average molecular weight is 325 g/mol. The van der Waals surface area contributed by atoms with Crippen LogP contribution in [0.2, 0.25) is 5.02 Å². The minimum Gasteiger partial charge on any atom is -0.492 e. The van der Waals surface area contributed by atoms with E-state index in [4.69, 9.17) is 16.3 Å². The molecule has 0 unspecified atom stereocenters. The van der Waals surface area contributed by atoms with Crippen LogP contribution in [-0.2, 0) is 0 Å². The van der Waals surface area contributed by atoms with Crippen LogP contribution in [0.3, 0.4) is 0 Å². The normalized spacial score (nSPS) is 18.6. The maximum Gasteiger partial charge on any atom is 0.124 e. The molecule has 1 aromatic rings. The standard InChI is InChI=1S/C18H29ClN2O/c1-5-16(20(2)3)13-22-18-12-15(19)6-7-17(18)14-8-10-21(4)11-9-14/h6-7,12,14,16H,5,8-11,13H2,1-4H3/t16-/m1/s1. The number of benzene rings is 1. The van der Waals surface area contributed by atoms with Crippen LogP contribution in [-0.4, -0.2) is 56.7 Å². The molecule has 0 N–H and O–H groups in total. The lowest BCUT2D eigenvalue weighted by atomic mass is 9.89. The number of ether oxygens (including phenoxy) is 1. The van der Waals surface area contributed by atoms with E-state index < -0.39 is 0 Å². The summed E-state index contributed by atoms with van der Waals surface area (Å²) in [5.41, 5.74) is 1.33. The van der Waals surface area contributed by atoms with Crippen LogP contribution in [0.5, 0.6) is 5.75 Å². The van der Waals surface area contributed by atoms with Crippen molar-refractivity contribution in [2.24, 2.45) is 0 Å². The molecule has 1 fully saturated rings. The molecule has 22 heavy (non-hydrogen) atoms. The van der Waals surface area contributed by atoms with Crippen molar-refractivity contribution >= 4 is 11.6 Å². The largest absolute Gasteiger partial charge is 0.492 e. The Bertz CT molecular complexity index is 470. The number of likely N-dealkylation sites (N-methyl/N-ethyl adjacent to an activating group) is 1. The van der Waals surface area contributed by atoms with Gasteiger partial charge in [0.25, 0.3) is 0 Å². The number of nitrogens with zero attached hydrogens (tertiary/aromatic N) is 2. The van der Waals surface area contributed by atoms with E-state index in [0.29, 0.717) is 18.6 Å². The van der Waals surface area contributed by atoms with Crippen LogP contribution in [0.15, 0.2) is 18.2 Å². The van der Waals surface area contributed by atoms with E-state index >= 15 is 0 Å². The molecule has 1 aliphatic heterocycles. The van der Waals surface area contributed by atoms with Crippen molar-refractivity contribution in [2.75, 3.05) is 40.8 Å². The minimum atomic E-state index is 0.435. The van der Waals surface area contributed by atoms with Gasteiger partial charge in [0.05, 0.1) is 0 Å². The topological polar surface area (TPSA) is 15.7 Å². The van der Waals surface area contributed by atoms with E-state index in [-0.39, 0.29) is 0 Å². The number of likely N-dealkylation sites (tertiary alicyclic amines) is 1. The van der Waals surface area contributed by atoms with Crippen LogP contribution in [0, 0.1) is 0 Å². The number of rotatable bonds is 6. The van der Waals surface area contributed by atoms with Gasteiger partial charge in [-0.2, -0.15) is 0 Å². The second kappa shape index (κ2) is 8.19. The number of halogens is 1. The van der Waals surface area contributed by atoms with Crippen LogP contribution in [0.4, 0.5) is 0 Å². The van der Waals surface area contributed by atoms with Crippen molar-refractivity contribution < 1.29 is 4.74 Å². The van der Waals surface area contributed by atoms with Gasteiger partial charge in [0.2, 0.25) is 0 Å². The van der Waals surface area contributed by atoms with E-state index in [1.165, 1.54) is 18.4 Å². The lowest BCUT2D eigenvalue weighted by molar-refractivity contribution is 0.178. The van der Waals surface area contributed by atoms with Crippen LogP contribution in [0.1, 0.15) is 37.7 Å². The van der Waals surface area contributed by atoms with Gasteiger partial charge >= 0.3 is 0 Å². The van der Waals surface area contributed by atoms with Crippen LogP contribution >= 0.6 is 11.6 Å². The third-order valence-electron chi connectivity index (χ3n) is 4.77. The Balaban J connectivity index is 2.10. The maximum atomic E-state index is 6.19. The average Bonchev–Trinajstić information content (AvgIpc) is 2.49. The lowest BCUT2D eigenvalue weighted by Crippen LogP contribution is -2.33. The monoisotopic (exact) mass is 324 g/mol. The first-order valence-electron chi connectivity index (χ1n) is 8.28. The molecule has 2 rings (SSSR count). The van der Waals surface area contributed by atoms with Gasteiger partial charge in [-0.3, -0.25) is 0 Å². The zero-order valence-electron chi connectivity index (χ0n) is 14.3. The third kappa shape index (κ3) is 4.61.